The normalized spacial score (nSPS) is 9.53. The summed E-state index contributed by atoms with van der Waals surface area (Å²) >= 11 is 0. The molecule has 0 bridgehead atoms. The van der Waals surface area contributed by atoms with Crippen molar-refractivity contribution >= 4 is 11.7 Å². The molecule has 1 aromatic rings. The van der Waals surface area contributed by atoms with Crippen LogP contribution in [-0.4, -0.2) is 19.7 Å². The maximum Gasteiger partial charge on any atom is 0.319 e. The minimum atomic E-state index is -0.459. The number of methoxy groups -OCH3 is 1. The smallest absolute Gasteiger partial charge is 0.319 e. The second-order valence-corrected chi connectivity index (χ2v) is 2.83. The van der Waals surface area contributed by atoms with Crippen molar-refractivity contribution in [2.45, 2.75) is 6.92 Å². The third-order valence-corrected chi connectivity index (χ3v) is 1.75. The van der Waals surface area contributed by atoms with Crippen LogP contribution in [0.2, 0.25) is 0 Å². The number of nitrogens with one attached hydrogen (secondary N) is 2. The lowest BCUT2D eigenvalue weighted by atomic mass is 10.3. The van der Waals surface area contributed by atoms with Gasteiger partial charge in [-0.1, -0.05) is 0 Å². The summed E-state index contributed by atoms with van der Waals surface area (Å²) in [5, 5.41) is 5.11. The molecule has 0 heterocycles. The van der Waals surface area contributed by atoms with E-state index in [0.29, 0.717) is 12.2 Å². The zero-order valence-corrected chi connectivity index (χ0v) is 8.63. The fourth-order valence-electron chi connectivity index (χ4n) is 1.07. The Kier molecular flexibility index (Phi) is 3.91. The number of rotatable bonds is 3. The third kappa shape index (κ3) is 3.12. The summed E-state index contributed by atoms with van der Waals surface area (Å²) in [6.07, 6.45) is 0. The van der Waals surface area contributed by atoms with Crippen molar-refractivity contribution < 1.29 is 13.9 Å². The van der Waals surface area contributed by atoms with Gasteiger partial charge in [-0.15, -0.1) is 0 Å². The van der Waals surface area contributed by atoms with E-state index in [-0.39, 0.29) is 11.8 Å². The number of ether oxygens (including phenoxy) is 1. The van der Waals surface area contributed by atoms with E-state index >= 15 is 0 Å². The minimum absolute atomic E-state index is 0.101. The first-order chi connectivity index (χ1) is 7.17. The monoisotopic (exact) mass is 212 g/mol. The van der Waals surface area contributed by atoms with Gasteiger partial charge in [0.1, 0.15) is 0 Å². The molecule has 1 aromatic carbocycles. The van der Waals surface area contributed by atoms with Crippen molar-refractivity contribution in [3.63, 3.8) is 0 Å². The second-order valence-electron chi connectivity index (χ2n) is 2.83. The molecule has 2 N–H and O–H groups in total. The number of hydrogen-bond acceptors (Lipinski definition) is 2. The van der Waals surface area contributed by atoms with E-state index in [9.17, 15) is 9.18 Å². The average Bonchev–Trinajstić information content (AvgIpc) is 2.21. The topological polar surface area (TPSA) is 50.4 Å². The average molecular weight is 212 g/mol. The maximum absolute atomic E-state index is 13.0. The van der Waals surface area contributed by atoms with Gasteiger partial charge in [-0.3, -0.25) is 0 Å². The lowest BCUT2D eigenvalue weighted by Crippen LogP contribution is -2.28. The van der Waals surface area contributed by atoms with Gasteiger partial charge in [-0.05, 0) is 19.1 Å². The van der Waals surface area contributed by atoms with E-state index in [1.807, 2.05) is 6.92 Å². The van der Waals surface area contributed by atoms with Gasteiger partial charge >= 0.3 is 6.03 Å². The van der Waals surface area contributed by atoms with Crippen molar-refractivity contribution in [3.05, 3.63) is 24.0 Å². The van der Waals surface area contributed by atoms with Crippen LogP contribution in [0.4, 0.5) is 14.9 Å². The molecule has 0 aromatic heterocycles. The summed E-state index contributed by atoms with van der Waals surface area (Å²) in [6.45, 7) is 2.34. The Balaban J connectivity index is 2.74. The fraction of sp³-hybridized carbons (Fsp3) is 0.300. The molecule has 0 fully saturated rings. The first-order valence-electron chi connectivity index (χ1n) is 4.55. The van der Waals surface area contributed by atoms with Crippen LogP contribution < -0.4 is 15.4 Å². The Morgan fingerprint density at radius 1 is 1.53 bits per heavy atom. The van der Waals surface area contributed by atoms with Crippen LogP contribution in [0.25, 0.3) is 0 Å². The number of urea groups is 1. The molecule has 4 nitrogen and oxygen atoms in total. The zero-order chi connectivity index (χ0) is 11.3. The quantitative estimate of drug-likeness (QED) is 0.804. The number of halogens is 1. The summed E-state index contributed by atoms with van der Waals surface area (Å²) in [4.78, 5) is 11.1. The molecular weight excluding hydrogens is 199 g/mol. The Hall–Kier alpha value is -1.78. The van der Waals surface area contributed by atoms with Gasteiger partial charge < -0.3 is 15.4 Å². The lowest BCUT2D eigenvalue weighted by Gasteiger charge is -2.07. The van der Waals surface area contributed by atoms with Crippen LogP contribution in [0.1, 0.15) is 6.92 Å². The summed E-state index contributed by atoms with van der Waals surface area (Å²) in [6, 6.07) is 3.80. The highest BCUT2D eigenvalue weighted by molar-refractivity contribution is 5.89. The Morgan fingerprint density at radius 2 is 2.27 bits per heavy atom. The van der Waals surface area contributed by atoms with Gasteiger partial charge in [0, 0.05) is 18.3 Å². The fourth-order valence-corrected chi connectivity index (χ4v) is 1.07. The van der Waals surface area contributed by atoms with Crippen LogP contribution in [-0.2, 0) is 0 Å². The molecule has 0 saturated heterocycles. The number of benzene rings is 1. The van der Waals surface area contributed by atoms with E-state index < -0.39 is 5.82 Å². The SMILES string of the molecule is CCNC(=O)Nc1ccc(F)c(OC)c1. The molecule has 0 radical (unpaired) electrons. The molecule has 0 aliphatic heterocycles. The maximum atomic E-state index is 13.0. The van der Waals surface area contributed by atoms with Crippen molar-refractivity contribution in [1.29, 1.82) is 0 Å². The highest BCUT2D eigenvalue weighted by Crippen LogP contribution is 2.21. The number of hydrogen-bond donors (Lipinski definition) is 2. The Labute approximate surface area is 87.4 Å². The molecule has 0 aliphatic carbocycles. The summed E-state index contributed by atoms with van der Waals surface area (Å²) in [7, 11) is 1.37. The Morgan fingerprint density at radius 3 is 2.87 bits per heavy atom. The van der Waals surface area contributed by atoms with E-state index in [4.69, 9.17) is 4.74 Å². The summed E-state index contributed by atoms with van der Waals surface area (Å²) in [5.74, 6) is -0.358. The molecule has 5 heteroatoms. The van der Waals surface area contributed by atoms with Crippen LogP contribution >= 0.6 is 0 Å². The second kappa shape index (κ2) is 5.19. The number of amides is 2. The number of carbonyl (C=O) groups excluding carboxylic acids is 1. The van der Waals surface area contributed by atoms with Gasteiger partial charge in [0.15, 0.2) is 11.6 Å². The van der Waals surface area contributed by atoms with Crippen molar-refractivity contribution in [1.82, 2.24) is 5.32 Å². The summed E-state index contributed by atoms with van der Waals surface area (Å²) in [5.41, 5.74) is 0.485. The van der Waals surface area contributed by atoms with Crippen LogP contribution in [0.5, 0.6) is 5.75 Å². The molecule has 0 unspecified atom stereocenters. The van der Waals surface area contributed by atoms with Gasteiger partial charge in [-0.2, -0.15) is 0 Å². The minimum Gasteiger partial charge on any atom is -0.494 e. The summed E-state index contributed by atoms with van der Waals surface area (Å²) < 4.78 is 17.8. The van der Waals surface area contributed by atoms with Crippen molar-refractivity contribution in [3.8, 4) is 5.75 Å². The standard InChI is InChI=1S/C10H13FN2O2/c1-3-12-10(14)13-7-4-5-8(11)9(6-7)15-2/h4-6H,3H2,1-2H3,(H2,12,13,14). The molecule has 0 aliphatic rings. The molecule has 2 amide bonds. The number of anilines is 1. The predicted molar refractivity (Wildman–Crippen MR) is 55.6 cm³/mol. The van der Waals surface area contributed by atoms with Crippen LogP contribution in [0.3, 0.4) is 0 Å². The molecule has 0 spiro atoms. The molecule has 0 saturated carbocycles. The first-order valence-corrected chi connectivity index (χ1v) is 4.55. The molecule has 1 rings (SSSR count). The van der Waals surface area contributed by atoms with E-state index in [0.717, 1.165) is 0 Å². The van der Waals surface area contributed by atoms with Crippen LogP contribution in [0, 0.1) is 5.82 Å². The van der Waals surface area contributed by atoms with Gasteiger partial charge in [0.2, 0.25) is 0 Å². The third-order valence-electron chi connectivity index (χ3n) is 1.75. The van der Waals surface area contributed by atoms with Gasteiger partial charge in [0.25, 0.3) is 0 Å². The first kappa shape index (κ1) is 11.3. The predicted octanol–water partition coefficient (Wildman–Crippen LogP) is 1.98. The van der Waals surface area contributed by atoms with Crippen molar-refractivity contribution in [2.24, 2.45) is 0 Å². The van der Waals surface area contributed by atoms with E-state index in [1.165, 1.54) is 25.3 Å². The van der Waals surface area contributed by atoms with Gasteiger partial charge in [-0.25, -0.2) is 9.18 Å². The molecule has 15 heavy (non-hydrogen) atoms. The number of carbonyl (C=O) groups is 1. The van der Waals surface area contributed by atoms with E-state index in [2.05, 4.69) is 10.6 Å². The van der Waals surface area contributed by atoms with E-state index in [1.54, 1.807) is 0 Å². The Bertz CT molecular complexity index is 355. The highest BCUT2D eigenvalue weighted by atomic mass is 19.1. The molecular formula is C10H13FN2O2. The molecule has 0 atom stereocenters. The largest absolute Gasteiger partial charge is 0.494 e. The lowest BCUT2D eigenvalue weighted by molar-refractivity contribution is 0.252. The van der Waals surface area contributed by atoms with Gasteiger partial charge in [0.05, 0.1) is 7.11 Å². The zero-order valence-electron chi connectivity index (χ0n) is 8.63. The van der Waals surface area contributed by atoms with Crippen LogP contribution in [0.15, 0.2) is 18.2 Å². The molecule has 82 valence electrons. The van der Waals surface area contributed by atoms with Crippen molar-refractivity contribution in [2.75, 3.05) is 19.0 Å². The highest BCUT2D eigenvalue weighted by Gasteiger charge is 2.05.